The molecule has 2 aromatic rings. The van der Waals surface area contributed by atoms with Gasteiger partial charge in [-0.2, -0.15) is 4.31 Å². The highest BCUT2D eigenvalue weighted by Crippen LogP contribution is 2.14. The summed E-state index contributed by atoms with van der Waals surface area (Å²) in [5, 5.41) is 2.51. The van der Waals surface area contributed by atoms with Gasteiger partial charge in [-0.3, -0.25) is 4.79 Å². The number of nitrogens with zero attached hydrogens (tertiary/aromatic N) is 1. The number of sulfonamides is 1. The van der Waals surface area contributed by atoms with E-state index in [9.17, 15) is 17.6 Å². The first kappa shape index (κ1) is 16.1. The van der Waals surface area contributed by atoms with E-state index in [2.05, 4.69) is 5.32 Å². The molecular formula is C15H15FN2O3S. The highest BCUT2D eigenvalue weighted by molar-refractivity contribution is 7.89. The highest BCUT2D eigenvalue weighted by Gasteiger charge is 2.22. The molecule has 7 heteroatoms. The second-order valence-electron chi connectivity index (χ2n) is 4.63. The predicted octanol–water partition coefficient (Wildman–Crippen LogP) is 2.08. The van der Waals surface area contributed by atoms with Crippen molar-refractivity contribution in [1.29, 1.82) is 0 Å². The number of halogens is 1. The first-order chi connectivity index (χ1) is 10.4. The number of likely N-dealkylation sites (N-methyl/N-ethyl adjacent to an activating group) is 1. The zero-order chi connectivity index (χ0) is 16.2. The number of hydrogen-bond donors (Lipinski definition) is 1. The molecule has 0 aliphatic carbocycles. The monoisotopic (exact) mass is 322 g/mol. The summed E-state index contributed by atoms with van der Waals surface area (Å²) < 4.78 is 38.3. The van der Waals surface area contributed by atoms with E-state index in [1.807, 2.05) is 0 Å². The molecule has 0 heterocycles. The van der Waals surface area contributed by atoms with Gasteiger partial charge in [0.05, 0.1) is 11.4 Å². The third-order valence-electron chi connectivity index (χ3n) is 2.95. The Bertz CT molecular complexity index is 746. The quantitative estimate of drug-likeness (QED) is 0.916. The SMILES string of the molecule is CN(CC(=O)Nc1ccc(F)cc1)S(=O)(=O)c1ccccc1. The number of rotatable bonds is 5. The number of benzene rings is 2. The summed E-state index contributed by atoms with van der Waals surface area (Å²) in [6, 6.07) is 13.1. The lowest BCUT2D eigenvalue weighted by molar-refractivity contribution is -0.116. The van der Waals surface area contributed by atoms with Crippen molar-refractivity contribution < 1.29 is 17.6 Å². The fourth-order valence-corrected chi connectivity index (χ4v) is 2.94. The molecule has 0 unspecified atom stereocenters. The normalized spacial score (nSPS) is 11.4. The predicted molar refractivity (Wildman–Crippen MR) is 81.3 cm³/mol. The van der Waals surface area contributed by atoms with Crippen molar-refractivity contribution in [1.82, 2.24) is 4.31 Å². The molecule has 0 fully saturated rings. The number of hydrogen-bond acceptors (Lipinski definition) is 3. The van der Waals surface area contributed by atoms with Crippen molar-refractivity contribution in [3.05, 3.63) is 60.4 Å². The van der Waals surface area contributed by atoms with Gasteiger partial charge < -0.3 is 5.32 Å². The Morgan fingerprint density at radius 3 is 2.27 bits per heavy atom. The van der Waals surface area contributed by atoms with E-state index in [1.54, 1.807) is 18.2 Å². The van der Waals surface area contributed by atoms with Crippen molar-refractivity contribution in [3.63, 3.8) is 0 Å². The lowest BCUT2D eigenvalue weighted by Gasteiger charge is -2.16. The van der Waals surface area contributed by atoms with Crippen LogP contribution in [0.25, 0.3) is 0 Å². The Hall–Kier alpha value is -2.25. The standard InChI is InChI=1S/C15H15FN2O3S/c1-18(22(20,21)14-5-3-2-4-6-14)11-15(19)17-13-9-7-12(16)8-10-13/h2-10H,11H2,1H3,(H,17,19). The molecule has 0 atom stereocenters. The molecule has 0 aliphatic rings. The van der Waals surface area contributed by atoms with Crippen LogP contribution in [0.2, 0.25) is 0 Å². The molecule has 0 saturated carbocycles. The minimum Gasteiger partial charge on any atom is -0.325 e. The number of carbonyl (C=O) groups is 1. The molecule has 0 aromatic heterocycles. The summed E-state index contributed by atoms with van der Waals surface area (Å²) in [7, 11) is -2.39. The second kappa shape index (κ2) is 6.67. The Kier molecular flexibility index (Phi) is 4.89. The minimum absolute atomic E-state index is 0.118. The molecule has 0 spiro atoms. The fraction of sp³-hybridized carbons (Fsp3) is 0.133. The van der Waals surface area contributed by atoms with Gasteiger partial charge in [-0.05, 0) is 36.4 Å². The third-order valence-corrected chi connectivity index (χ3v) is 4.76. The maximum Gasteiger partial charge on any atom is 0.243 e. The molecule has 22 heavy (non-hydrogen) atoms. The van der Waals surface area contributed by atoms with E-state index >= 15 is 0 Å². The van der Waals surface area contributed by atoms with Crippen LogP contribution in [0.1, 0.15) is 0 Å². The first-order valence-corrected chi connectivity index (χ1v) is 7.90. The van der Waals surface area contributed by atoms with Crippen LogP contribution in [0.5, 0.6) is 0 Å². The number of anilines is 1. The number of carbonyl (C=O) groups excluding carboxylic acids is 1. The summed E-state index contributed by atoms with van der Waals surface area (Å²) in [5.74, 6) is -0.921. The summed E-state index contributed by atoms with van der Waals surface area (Å²) in [5.41, 5.74) is 0.400. The van der Waals surface area contributed by atoms with Gasteiger partial charge in [0, 0.05) is 12.7 Å². The van der Waals surface area contributed by atoms with Gasteiger partial charge in [-0.15, -0.1) is 0 Å². The topological polar surface area (TPSA) is 66.5 Å². The Labute approximate surface area is 128 Å². The molecule has 1 amide bonds. The van der Waals surface area contributed by atoms with Gasteiger partial charge in [0.1, 0.15) is 5.82 Å². The van der Waals surface area contributed by atoms with Crippen molar-refractivity contribution in [3.8, 4) is 0 Å². The average Bonchev–Trinajstić information content (AvgIpc) is 2.50. The van der Waals surface area contributed by atoms with Gasteiger partial charge >= 0.3 is 0 Å². The highest BCUT2D eigenvalue weighted by atomic mass is 32.2. The molecule has 5 nitrogen and oxygen atoms in total. The van der Waals surface area contributed by atoms with Crippen LogP contribution in [0, 0.1) is 5.82 Å². The van der Waals surface area contributed by atoms with Gasteiger partial charge in [0.15, 0.2) is 0 Å². The van der Waals surface area contributed by atoms with E-state index in [0.717, 1.165) is 4.31 Å². The van der Waals surface area contributed by atoms with E-state index < -0.39 is 21.7 Å². The molecular weight excluding hydrogens is 307 g/mol. The van der Waals surface area contributed by atoms with Gasteiger partial charge in [0.25, 0.3) is 0 Å². The molecule has 2 aromatic carbocycles. The van der Waals surface area contributed by atoms with E-state index in [1.165, 1.54) is 43.4 Å². The van der Waals surface area contributed by atoms with E-state index in [0.29, 0.717) is 5.69 Å². The number of nitrogens with one attached hydrogen (secondary N) is 1. The minimum atomic E-state index is -3.72. The lowest BCUT2D eigenvalue weighted by atomic mass is 10.3. The summed E-state index contributed by atoms with van der Waals surface area (Å²) in [6.45, 7) is -0.339. The van der Waals surface area contributed by atoms with Crippen LogP contribution in [0.15, 0.2) is 59.5 Å². The van der Waals surface area contributed by atoms with Crippen LogP contribution >= 0.6 is 0 Å². The van der Waals surface area contributed by atoms with Gasteiger partial charge in [-0.1, -0.05) is 18.2 Å². The molecule has 1 N–H and O–H groups in total. The van der Waals surface area contributed by atoms with Crippen molar-refractivity contribution in [2.24, 2.45) is 0 Å². The van der Waals surface area contributed by atoms with E-state index in [-0.39, 0.29) is 11.4 Å². The molecule has 0 saturated heterocycles. The molecule has 0 aliphatic heterocycles. The molecule has 0 radical (unpaired) electrons. The van der Waals surface area contributed by atoms with Crippen LogP contribution in [0.4, 0.5) is 10.1 Å². The van der Waals surface area contributed by atoms with Crippen molar-refractivity contribution in [2.75, 3.05) is 18.9 Å². The second-order valence-corrected chi connectivity index (χ2v) is 6.67. The largest absolute Gasteiger partial charge is 0.325 e. The smallest absolute Gasteiger partial charge is 0.243 e. The van der Waals surface area contributed by atoms with Crippen molar-refractivity contribution >= 4 is 21.6 Å². The maximum absolute atomic E-state index is 12.8. The van der Waals surface area contributed by atoms with Crippen LogP contribution in [-0.2, 0) is 14.8 Å². The Balaban J connectivity index is 2.03. The molecule has 116 valence electrons. The molecule has 0 bridgehead atoms. The average molecular weight is 322 g/mol. The van der Waals surface area contributed by atoms with Crippen LogP contribution in [-0.4, -0.2) is 32.2 Å². The fourth-order valence-electron chi connectivity index (χ4n) is 1.79. The van der Waals surface area contributed by atoms with Crippen LogP contribution < -0.4 is 5.32 Å². The van der Waals surface area contributed by atoms with E-state index in [4.69, 9.17) is 0 Å². The zero-order valence-electron chi connectivity index (χ0n) is 11.9. The van der Waals surface area contributed by atoms with Gasteiger partial charge in [-0.25, -0.2) is 12.8 Å². The maximum atomic E-state index is 12.8. The first-order valence-electron chi connectivity index (χ1n) is 6.46. The summed E-state index contributed by atoms with van der Waals surface area (Å²) in [4.78, 5) is 12.0. The number of amides is 1. The van der Waals surface area contributed by atoms with Crippen LogP contribution in [0.3, 0.4) is 0 Å². The Morgan fingerprint density at radius 1 is 1.09 bits per heavy atom. The lowest BCUT2D eigenvalue weighted by Crippen LogP contribution is -2.34. The Morgan fingerprint density at radius 2 is 1.68 bits per heavy atom. The van der Waals surface area contributed by atoms with Gasteiger partial charge in [0.2, 0.25) is 15.9 Å². The third kappa shape index (κ3) is 3.90. The summed E-state index contributed by atoms with van der Waals surface area (Å²) in [6.07, 6.45) is 0. The summed E-state index contributed by atoms with van der Waals surface area (Å²) >= 11 is 0. The van der Waals surface area contributed by atoms with Crippen molar-refractivity contribution in [2.45, 2.75) is 4.90 Å². The zero-order valence-corrected chi connectivity index (χ0v) is 12.7. The molecule has 2 rings (SSSR count).